The number of carbonyl (C=O) groups is 1. The summed E-state index contributed by atoms with van der Waals surface area (Å²) in [6.45, 7) is 9.80. The fraction of sp³-hybridized carbons (Fsp3) is 0.650. The number of nitrogens with one attached hydrogen (secondary N) is 2. The van der Waals surface area contributed by atoms with Crippen molar-refractivity contribution in [1.29, 1.82) is 0 Å². The molecule has 0 bridgehead atoms. The number of hydrogen-bond acceptors (Lipinski definition) is 3. The zero-order chi connectivity index (χ0) is 17.8. The lowest BCUT2D eigenvalue weighted by Gasteiger charge is -2.35. The second kappa shape index (κ2) is 8.19. The van der Waals surface area contributed by atoms with E-state index in [4.69, 9.17) is 0 Å². The van der Waals surface area contributed by atoms with Crippen molar-refractivity contribution in [3.8, 4) is 0 Å². The maximum absolute atomic E-state index is 12.5. The van der Waals surface area contributed by atoms with E-state index in [2.05, 4.69) is 54.6 Å². The molecule has 2 aliphatic heterocycles. The minimum absolute atomic E-state index is 0.0957. The van der Waals surface area contributed by atoms with E-state index in [0.29, 0.717) is 12.0 Å². The van der Waals surface area contributed by atoms with Gasteiger partial charge in [0.15, 0.2) is 0 Å². The van der Waals surface area contributed by atoms with Crippen LogP contribution < -0.4 is 10.6 Å². The Morgan fingerprint density at radius 2 is 2.00 bits per heavy atom. The van der Waals surface area contributed by atoms with Gasteiger partial charge in [-0.15, -0.1) is 0 Å². The molecule has 1 atom stereocenters. The summed E-state index contributed by atoms with van der Waals surface area (Å²) >= 11 is 0. The number of amides is 2. The molecular weight excluding hydrogens is 312 g/mol. The van der Waals surface area contributed by atoms with Crippen molar-refractivity contribution in [2.24, 2.45) is 0 Å². The van der Waals surface area contributed by atoms with Crippen molar-refractivity contribution in [3.05, 3.63) is 34.9 Å². The number of benzene rings is 1. The highest BCUT2D eigenvalue weighted by Gasteiger charge is 2.26. The molecule has 2 amide bonds. The molecule has 25 heavy (non-hydrogen) atoms. The van der Waals surface area contributed by atoms with Crippen molar-refractivity contribution >= 4 is 6.03 Å². The van der Waals surface area contributed by atoms with Gasteiger partial charge in [0.05, 0.1) is 0 Å². The first-order chi connectivity index (χ1) is 12.0. The number of nitrogens with zero attached hydrogens (tertiary/aromatic N) is 2. The van der Waals surface area contributed by atoms with Crippen molar-refractivity contribution in [2.45, 2.75) is 38.6 Å². The van der Waals surface area contributed by atoms with Gasteiger partial charge in [-0.05, 0) is 50.8 Å². The van der Waals surface area contributed by atoms with Crippen LogP contribution in [0.3, 0.4) is 0 Å². The van der Waals surface area contributed by atoms with Crippen LogP contribution >= 0.6 is 0 Å². The minimum atomic E-state index is 0.0957. The quantitative estimate of drug-likeness (QED) is 0.883. The van der Waals surface area contributed by atoms with E-state index in [-0.39, 0.29) is 6.03 Å². The number of hydrogen-bond donors (Lipinski definition) is 2. The van der Waals surface area contributed by atoms with E-state index in [1.54, 1.807) is 0 Å². The molecule has 5 nitrogen and oxygen atoms in total. The van der Waals surface area contributed by atoms with Crippen LogP contribution in [0.2, 0.25) is 0 Å². The Kier molecular flexibility index (Phi) is 5.97. The van der Waals surface area contributed by atoms with Crippen LogP contribution in [0.5, 0.6) is 0 Å². The molecule has 0 aromatic heterocycles. The van der Waals surface area contributed by atoms with Crippen LogP contribution in [0.25, 0.3) is 0 Å². The molecule has 0 radical (unpaired) electrons. The molecule has 2 heterocycles. The highest BCUT2D eigenvalue weighted by Crippen LogP contribution is 2.30. The maximum Gasteiger partial charge on any atom is 0.317 e. The summed E-state index contributed by atoms with van der Waals surface area (Å²) in [6, 6.07) is 7.21. The van der Waals surface area contributed by atoms with Gasteiger partial charge >= 0.3 is 6.03 Å². The lowest BCUT2D eigenvalue weighted by atomic mass is 9.86. The Morgan fingerprint density at radius 3 is 2.72 bits per heavy atom. The van der Waals surface area contributed by atoms with Gasteiger partial charge in [-0.1, -0.05) is 23.8 Å². The van der Waals surface area contributed by atoms with E-state index in [1.807, 2.05) is 4.90 Å². The molecule has 0 spiro atoms. The summed E-state index contributed by atoms with van der Waals surface area (Å²) in [5.74, 6) is 0.581. The normalized spacial score (nSPS) is 22.8. The molecule has 1 aromatic rings. The van der Waals surface area contributed by atoms with Gasteiger partial charge < -0.3 is 15.5 Å². The molecule has 2 fully saturated rings. The first-order valence-electron chi connectivity index (χ1n) is 9.55. The molecule has 0 aliphatic carbocycles. The fourth-order valence-corrected chi connectivity index (χ4v) is 4.00. The van der Waals surface area contributed by atoms with Crippen LogP contribution in [-0.4, -0.2) is 68.2 Å². The topological polar surface area (TPSA) is 47.6 Å². The number of piperidine rings is 1. The van der Waals surface area contributed by atoms with E-state index < -0.39 is 0 Å². The number of carbonyl (C=O) groups excluding carboxylic acids is 1. The SMILES string of the molecule is Cc1ccc(C)c(C2CCN(C(=O)NCC3CNCCN3C)CC2)c1. The van der Waals surface area contributed by atoms with Gasteiger partial charge in [0.25, 0.3) is 0 Å². The van der Waals surface area contributed by atoms with Crippen molar-refractivity contribution in [2.75, 3.05) is 46.3 Å². The molecule has 2 saturated heterocycles. The fourth-order valence-electron chi connectivity index (χ4n) is 4.00. The van der Waals surface area contributed by atoms with Gasteiger partial charge in [0, 0.05) is 45.3 Å². The molecule has 5 heteroatoms. The van der Waals surface area contributed by atoms with Gasteiger partial charge in [0.1, 0.15) is 0 Å². The zero-order valence-corrected chi connectivity index (χ0v) is 15.8. The van der Waals surface area contributed by atoms with Crippen LogP contribution in [0.1, 0.15) is 35.4 Å². The Morgan fingerprint density at radius 1 is 1.24 bits per heavy atom. The monoisotopic (exact) mass is 344 g/mol. The standard InChI is InChI=1S/C20H32N4O/c1-15-4-5-16(2)19(12-15)17-6-9-24(10-7-17)20(25)22-14-18-13-21-8-11-23(18)3/h4-5,12,17-18,21H,6-11,13-14H2,1-3H3,(H,22,25). The van der Waals surface area contributed by atoms with Crippen LogP contribution in [-0.2, 0) is 0 Å². The van der Waals surface area contributed by atoms with Crippen LogP contribution in [0.15, 0.2) is 18.2 Å². The lowest BCUT2D eigenvalue weighted by Crippen LogP contribution is -2.55. The summed E-state index contributed by atoms with van der Waals surface area (Å²) < 4.78 is 0. The lowest BCUT2D eigenvalue weighted by molar-refractivity contribution is 0.167. The number of likely N-dealkylation sites (N-methyl/N-ethyl adjacent to an activating group) is 1. The third-order valence-corrected chi connectivity index (χ3v) is 5.79. The van der Waals surface area contributed by atoms with E-state index in [0.717, 1.165) is 52.1 Å². The number of aryl methyl sites for hydroxylation is 2. The van der Waals surface area contributed by atoms with E-state index in [9.17, 15) is 4.79 Å². The third kappa shape index (κ3) is 4.53. The summed E-state index contributed by atoms with van der Waals surface area (Å²) in [5, 5.41) is 6.53. The Labute approximate surface area is 151 Å². The number of likely N-dealkylation sites (tertiary alicyclic amines) is 1. The minimum Gasteiger partial charge on any atom is -0.336 e. The third-order valence-electron chi connectivity index (χ3n) is 5.79. The molecule has 2 N–H and O–H groups in total. The molecule has 1 aromatic carbocycles. The highest BCUT2D eigenvalue weighted by atomic mass is 16.2. The van der Waals surface area contributed by atoms with Gasteiger partial charge in [-0.2, -0.15) is 0 Å². The molecule has 2 aliphatic rings. The molecule has 138 valence electrons. The van der Waals surface area contributed by atoms with Crippen LogP contribution in [0.4, 0.5) is 4.79 Å². The first kappa shape index (κ1) is 18.2. The van der Waals surface area contributed by atoms with Crippen molar-refractivity contribution < 1.29 is 4.79 Å². The molecule has 0 saturated carbocycles. The highest BCUT2D eigenvalue weighted by molar-refractivity contribution is 5.74. The molecule has 3 rings (SSSR count). The number of rotatable bonds is 3. The van der Waals surface area contributed by atoms with Crippen LogP contribution in [0, 0.1) is 13.8 Å². The maximum atomic E-state index is 12.5. The summed E-state index contributed by atoms with van der Waals surface area (Å²) in [6.07, 6.45) is 2.12. The molecular formula is C20H32N4O. The van der Waals surface area contributed by atoms with Gasteiger partial charge in [-0.25, -0.2) is 4.79 Å². The second-order valence-electron chi connectivity index (χ2n) is 7.65. The number of urea groups is 1. The summed E-state index contributed by atoms with van der Waals surface area (Å²) in [7, 11) is 2.13. The smallest absolute Gasteiger partial charge is 0.317 e. The predicted molar refractivity (Wildman–Crippen MR) is 102 cm³/mol. The Hall–Kier alpha value is -1.59. The average molecular weight is 345 g/mol. The summed E-state index contributed by atoms with van der Waals surface area (Å²) in [4.78, 5) is 16.8. The largest absolute Gasteiger partial charge is 0.336 e. The number of piperazine rings is 1. The van der Waals surface area contributed by atoms with Crippen molar-refractivity contribution in [1.82, 2.24) is 20.4 Å². The Bertz CT molecular complexity index is 595. The average Bonchev–Trinajstić information content (AvgIpc) is 2.63. The van der Waals surface area contributed by atoms with E-state index >= 15 is 0 Å². The molecule has 1 unspecified atom stereocenters. The Balaban J connectivity index is 1.48. The second-order valence-corrected chi connectivity index (χ2v) is 7.65. The van der Waals surface area contributed by atoms with Crippen molar-refractivity contribution in [3.63, 3.8) is 0 Å². The zero-order valence-electron chi connectivity index (χ0n) is 15.8. The predicted octanol–water partition coefficient (Wildman–Crippen LogP) is 2.10. The van der Waals surface area contributed by atoms with Gasteiger partial charge in [0.2, 0.25) is 0 Å². The van der Waals surface area contributed by atoms with E-state index in [1.165, 1.54) is 16.7 Å². The van der Waals surface area contributed by atoms with Gasteiger partial charge in [-0.3, -0.25) is 4.90 Å². The first-order valence-corrected chi connectivity index (χ1v) is 9.55. The summed E-state index contributed by atoms with van der Waals surface area (Å²) in [5.41, 5.74) is 4.17.